The zero-order valence-electron chi connectivity index (χ0n) is 18.1. The van der Waals surface area contributed by atoms with Crippen LogP contribution in [0.25, 0.3) is 11.0 Å². The summed E-state index contributed by atoms with van der Waals surface area (Å²) in [5.41, 5.74) is -0.603. The molecule has 0 aliphatic carbocycles. The van der Waals surface area contributed by atoms with E-state index in [9.17, 15) is 18.0 Å². The van der Waals surface area contributed by atoms with Crippen LogP contribution in [-0.4, -0.2) is 6.61 Å². The van der Waals surface area contributed by atoms with Gasteiger partial charge in [-0.3, -0.25) is 4.79 Å². The third kappa shape index (κ3) is 5.49. The van der Waals surface area contributed by atoms with E-state index in [-0.39, 0.29) is 41.4 Å². The second-order valence-electron chi connectivity index (χ2n) is 7.26. The maximum Gasteiger partial charge on any atom is 0.453 e. The van der Waals surface area contributed by atoms with E-state index >= 15 is 0 Å². The molecule has 0 fully saturated rings. The molecule has 0 unspecified atom stereocenters. The molecule has 182 valence electrons. The summed E-state index contributed by atoms with van der Waals surface area (Å²) in [5, 5.41) is 0.610. The fraction of sp³-hybridized carbons (Fsp3) is 0.160. The summed E-state index contributed by atoms with van der Waals surface area (Å²) in [4.78, 5) is 13.0. The van der Waals surface area contributed by atoms with Crippen molar-refractivity contribution in [2.75, 3.05) is 6.61 Å². The van der Waals surface area contributed by atoms with Crippen molar-refractivity contribution in [2.24, 2.45) is 0 Å². The fourth-order valence-corrected chi connectivity index (χ4v) is 3.56. The smallest absolute Gasteiger partial charge is 0.453 e. The van der Waals surface area contributed by atoms with E-state index in [2.05, 4.69) is 0 Å². The molecule has 4 aromatic rings. The Bertz CT molecular complexity index is 1430. The van der Waals surface area contributed by atoms with E-state index in [1.165, 1.54) is 30.3 Å². The van der Waals surface area contributed by atoms with Crippen LogP contribution in [0.3, 0.4) is 0 Å². The van der Waals surface area contributed by atoms with Gasteiger partial charge in [0.1, 0.15) is 17.9 Å². The Morgan fingerprint density at radius 1 is 0.914 bits per heavy atom. The molecule has 35 heavy (non-hydrogen) atoms. The van der Waals surface area contributed by atoms with Gasteiger partial charge in [-0.25, -0.2) is 0 Å². The third-order valence-electron chi connectivity index (χ3n) is 4.83. The highest BCUT2D eigenvalue weighted by Crippen LogP contribution is 2.40. The first-order chi connectivity index (χ1) is 16.7. The molecule has 0 radical (unpaired) electrons. The van der Waals surface area contributed by atoms with Crippen molar-refractivity contribution in [1.82, 2.24) is 0 Å². The summed E-state index contributed by atoms with van der Waals surface area (Å²) < 4.78 is 63.1. The van der Waals surface area contributed by atoms with Gasteiger partial charge in [0.2, 0.25) is 11.2 Å². The molecule has 0 amide bonds. The molecule has 0 atom stereocenters. The van der Waals surface area contributed by atoms with E-state index in [1.807, 2.05) is 0 Å². The van der Waals surface area contributed by atoms with Gasteiger partial charge in [-0.1, -0.05) is 41.4 Å². The van der Waals surface area contributed by atoms with E-state index < -0.39 is 23.1 Å². The van der Waals surface area contributed by atoms with Crippen LogP contribution >= 0.6 is 23.2 Å². The van der Waals surface area contributed by atoms with Crippen molar-refractivity contribution in [3.8, 4) is 23.0 Å². The Labute approximate surface area is 207 Å². The average molecular weight is 525 g/mol. The van der Waals surface area contributed by atoms with Gasteiger partial charge in [-0.2, -0.15) is 13.2 Å². The summed E-state index contributed by atoms with van der Waals surface area (Å²) in [5.74, 6) is -2.22. The van der Waals surface area contributed by atoms with Crippen molar-refractivity contribution < 1.29 is 31.8 Å². The van der Waals surface area contributed by atoms with Gasteiger partial charge in [0.25, 0.3) is 5.76 Å². The minimum Gasteiger partial charge on any atom is -0.490 e. The minimum atomic E-state index is -5.00. The number of ether oxygens (including phenoxy) is 3. The Hall–Kier alpha value is -3.36. The highest BCUT2D eigenvalue weighted by Gasteiger charge is 2.40. The molecule has 0 aliphatic rings. The van der Waals surface area contributed by atoms with Gasteiger partial charge in [-0.15, -0.1) is 0 Å². The van der Waals surface area contributed by atoms with E-state index in [0.717, 1.165) is 0 Å². The second-order valence-corrected chi connectivity index (χ2v) is 8.08. The first-order valence-corrected chi connectivity index (χ1v) is 11.1. The molecule has 0 aliphatic heterocycles. The predicted molar refractivity (Wildman–Crippen MR) is 126 cm³/mol. The topological polar surface area (TPSA) is 57.9 Å². The van der Waals surface area contributed by atoms with Crippen LogP contribution in [0.1, 0.15) is 18.2 Å². The number of hydrogen-bond donors (Lipinski definition) is 0. The van der Waals surface area contributed by atoms with Crippen LogP contribution in [0.4, 0.5) is 13.2 Å². The normalized spacial score (nSPS) is 11.5. The number of para-hydroxylation sites is 2. The molecule has 4 rings (SSSR count). The average Bonchev–Trinajstić information content (AvgIpc) is 2.82. The fourth-order valence-electron chi connectivity index (χ4n) is 3.24. The molecular formula is C25H17Cl2F3O5. The van der Waals surface area contributed by atoms with Crippen molar-refractivity contribution in [3.63, 3.8) is 0 Å². The zero-order chi connectivity index (χ0) is 25.2. The molecule has 3 aromatic carbocycles. The highest BCUT2D eigenvalue weighted by molar-refractivity contribution is 6.42. The van der Waals surface area contributed by atoms with Gasteiger partial charge < -0.3 is 18.6 Å². The molecule has 0 bridgehead atoms. The number of rotatable bonds is 7. The predicted octanol–water partition coefficient (Wildman–Crippen LogP) is 7.89. The van der Waals surface area contributed by atoms with Crippen molar-refractivity contribution in [1.29, 1.82) is 0 Å². The lowest BCUT2D eigenvalue weighted by Gasteiger charge is -2.15. The van der Waals surface area contributed by atoms with Gasteiger partial charge >= 0.3 is 6.18 Å². The highest BCUT2D eigenvalue weighted by atomic mass is 35.5. The zero-order valence-corrected chi connectivity index (χ0v) is 19.6. The van der Waals surface area contributed by atoms with Crippen molar-refractivity contribution in [2.45, 2.75) is 19.7 Å². The molecule has 1 heterocycles. The first-order valence-electron chi connectivity index (χ1n) is 10.3. The lowest BCUT2D eigenvalue weighted by atomic mass is 10.2. The van der Waals surface area contributed by atoms with E-state index in [0.29, 0.717) is 15.6 Å². The maximum atomic E-state index is 13.8. The van der Waals surface area contributed by atoms with Crippen LogP contribution < -0.4 is 19.6 Å². The molecule has 1 aromatic heterocycles. The van der Waals surface area contributed by atoms with Gasteiger partial charge in [-0.05, 0) is 48.9 Å². The summed E-state index contributed by atoms with van der Waals surface area (Å²) >= 11 is 11.9. The minimum absolute atomic E-state index is 0.0481. The number of halogens is 5. The lowest BCUT2D eigenvalue weighted by molar-refractivity contribution is -0.154. The summed E-state index contributed by atoms with van der Waals surface area (Å²) in [7, 11) is 0. The van der Waals surface area contributed by atoms with Crippen LogP contribution in [-0.2, 0) is 12.8 Å². The van der Waals surface area contributed by atoms with Crippen molar-refractivity contribution >= 4 is 34.2 Å². The molecule has 0 saturated heterocycles. The Balaban J connectivity index is 1.72. The SMILES string of the molecule is CCOc1ccccc1Oc1c(C(F)(F)F)oc2cc(OCc3ccc(Cl)c(Cl)c3)ccc2c1=O. The molecule has 0 spiro atoms. The molecule has 10 heteroatoms. The van der Waals surface area contributed by atoms with E-state index in [1.54, 1.807) is 37.3 Å². The monoisotopic (exact) mass is 524 g/mol. The Morgan fingerprint density at radius 2 is 1.66 bits per heavy atom. The molecule has 0 N–H and O–H groups in total. The Kier molecular flexibility index (Phi) is 7.14. The van der Waals surface area contributed by atoms with Gasteiger partial charge in [0, 0.05) is 6.07 Å². The number of benzene rings is 3. The Morgan fingerprint density at radius 3 is 2.34 bits per heavy atom. The summed E-state index contributed by atoms with van der Waals surface area (Å²) in [6, 6.07) is 15.0. The summed E-state index contributed by atoms with van der Waals surface area (Å²) in [6.45, 7) is 2.03. The number of hydrogen-bond acceptors (Lipinski definition) is 5. The van der Waals surface area contributed by atoms with Crippen molar-refractivity contribution in [3.05, 3.63) is 92.3 Å². The first kappa shape index (κ1) is 24.8. The molecule has 0 saturated carbocycles. The van der Waals surface area contributed by atoms with E-state index in [4.69, 9.17) is 41.8 Å². The quantitative estimate of drug-likeness (QED) is 0.246. The van der Waals surface area contributed by atoms with Gasteiger partial charge in [0.15, 0.2) is 11.5 Å². The molecular weight excluding hydrogens is 508 g/mol. The number of alkyl halides is 3. The van der Waals surface area contributed by atoms with Crippen LogP contribution in [0.2, 0.25) is 10.0 Å². The number of fused-ring (bicyclic) bond motifs is 1. The maximum absolute atomic E-state index is 13.8. The van der Waals surface area contributed by atoms with Gasteiger partial charge in [0.05, 0.1) is 22.0 Å². The van der Waals surface area contributed by atoms with Crippen LogP contribution in [0, 0.1) is 0 Å². The lowest BCUT2D eigenvalue weighted by Crippen LogP contribution is -2.15. The van der Waals surface area contributed by atoms with Crippen LogP contribution in [0.5, 0.6) is 23.0 Å². The largest absolute Gasteiger partial charge is 0.490 e. The third-order valence-corrected chi connectivity index (χ3v) is 5.57. The summed E-state index contributed by atoms with van der Waals surface area (Å²) in [6.07, 6.45) is -5.00. The van der Waals surface area contributed by atoms with Crippen LogP contribution in [0.15, 0.2) is 69.9 Å². The second kappa shape index (κ2) is 10.1. The molecule has 5 nitrogen and oxygen atoms in total. The standard InChI is InChI=1S/C25H17Cl2F3O5/c1-2-32-19-5-3-4-6-20(19)34-23-22(31)16-9-8-15(12-21(16)35-24(23)25(28,29)30)33-13-14-7-10-17(26)18(27)11-14/h3-12H,2,13H2,1H3.